The van der Waals surface area contributed by atoms with Crippen LogP contribution in [0.2, 0.25) is 0 Å². The molecular weight excluding hydrogens is 1030 g/mol. The monoisotopic (exact) mass is 1100 g/mol. The number of benzene rings is 2. The summed E-state index contributed by atoms with van der Waals surface area (Å²) in [7, 11) is 1.00. The number of hydrogen-bond acceptors (Lipinski definition) is 18. The SMILES string of the molecule is CC(C)(C)OC(=O)NC1CN(c2ccnc(CC(=O)Nc3ccc(C4=Cc5c(ncnc5N5CCOCC5)C4)cc3)c2)C1.CO.NC1CN(c2ccnc(CC(=O)Nc3ccc(C4=Cc5c(ncnc5N5CCOCC5)C4)cc3)c2)C1. The Labute approximate surface area is 471 Å². The maximum atomic E-state index is 12.8. The molecule has 422 valence electrons. The number of nitrogens with one attached hydrogen (secondary N) is 3. The van der Waals surface area contributed by atoms with E-state index in [2.05, 4.69) is 77.6 Å². The van der Waals surface area contributed by atoms with Crippen molar-refractivity contribution in [3.8, 4) is 0 Å². The van der Waals surface area contributed by atoms with Crippen LogP contribution in [0.1, 0.15) is 65.8 Å². The number of nitrogens with zero attached hydrogens (tertiary/aromatic N) is 10. The molecule has 0 radical (unpaired) electrons. The Bertz CT molecular complexity index is 3250. The zero-order valence-corrected chi connectivity index (χ0v) is 46.3. The number of carbonyl (C=O) groups is 3. The van der Waals surface area contributed by atoms with Gasteiger partial charge >= 0.3 is 6.09 Å². The summed E-state index contributed by atoms with van der Waals surface area (Å²) >= 11 is 0. The van der Waals surface area contributed by atoms with E-state index in [-0.39, 0.29) is 36.7 Å². The Morgan fingerprint density at radius 2 is 1.04 bits per heavy atom. The molecule has 6 aliphatic rings. The lowest BCUT2D eigenvalue weighted by Gasteiger charge is -2.41. The highest BCUT2D eigenvalue weighted by Crippen LogP contribution is 2.37. The molecule has 0 bridgehead atoms. The normalized spacial score (nSPS) is 16.7. The summed E-state index contributed by atoms with van der Waals surface area (Å²) in [4.78, 5) is 73.3. The standard InChI is InChI=1S/C32H37N7O4.C27H29N7O2.CH4O/c1-32(2,3)43-31(41)37-25-18-39(19-25)26-8-9-33-24(16-26)17-29(40)36-23-6-4-21(5-7-23)22-14-27-28(15-22)34-20-35-30(27)38-10-12-42-13-11-38;28-20-15-34(16-20)23-5-6-29-22(13-23)14-26(35)32-21-3-1-18(2-4-21)19-11-24-25(12-19)30-17-31-27(24)33-7-9-36-10-8-33;1-2/h4-9,14,16,20,25H,10-13,15,17-19H2,1-3H3,(H,36,40)(H,37,41);1-6,11,13,17,20H,7-10,12,14-16,28H2,(H,32,35);2H,1H3. The lowest BCUT2D eigenvalue weighted by molar-refractivity contribution is -0.116. The van der Waals surface area contributed by atoms with Crippen LogP contribution >= 0.6 is 0 Å². The third-order valence-corrected chi connectivity index (χ3v) is 14.5. The molecule has 6 aromatic rings. The Morgan fingerprint density at radius 3 is 1.46 bits per heavy atom. The maximum Gasteiger partial charge on any atom is 0.407 e. The molecule has 4 fully saturated rings. The van der Waals surface area contributed by atoms with Gasteiger partial charge in [-0.15, -0.1) is 0 Å². The van der Waals surface area contributed by atoms with Crippen molar-refractivity contribution >= 4 is 75.6 Å². The van der Waals surface area contributed by atoms with E-state index in [1.807, 2.05) is 93.6 Å². The summed E-state index contributed by atoms with van der Waals surface area (Å²) < 4.78 is 16.3. The number of allylic oxidation sites excluding steroid dienone is 2. The number of pyridine rings is 2. The summed E-state index contributed by atoms with van der Waals surface area (Å²) in [6.45, 7) is 14.7. The van der Waals surface area contributed by atoms with Gasteiger partial charge in [-0.25, -0.2) is 24.7 Å². The molecule has 2 aromatic carbocycles. The van der Waals surface area contributed by atoms with E-state index in [9.17, 15) is 14.4 Å². The number of amides is 3. The molecule has 6 N–H and O–H groups in total. The topological polar surface area (TPSA) is 252 Å². The van der Waals surface area contributed by atoms with Gasteiger partial charge in [0.25, 0.3) is 0 Å². The molecule has 81 heavy (non-hydrogen) atoms. The van der Waals surface area contributed by atoms with Crippen molar-refractivity contribution in [1.82, 2.24) is 35.2 Å². The predicted octanol–water partition coefficient (Wildman–Crippen LogP) is 5.44. The lowest BCUT2D eigenvalue weighted by atomic mass is 10.0. The van der Waals surface area contributed by atoms with Crippen LogP contribution in [-0.4, -0.2) is 156 Å². The van der Waals surface area contributed by atoms with Crippen molar-refractivity contribution in [2.75, 3.05) is 116 Å². The van der Waals surface area contributed by atoms with Gasteiger partial charge in [-0.2, -0.15) is 0 Å². The molecular formula is C60H70N14O7. The van der Waals surface area contributed by atoms with E-state index in [1.54, 1.807) is 25.0 Å². The Kier molecular flexibility index (Phi) is 17.5. The van der Waals surface area contributed by atoms with Crippen LogP contribution in [0.25, 0.3) is 23.3 Å². The van der Waals surface area contributed by atoms with Crippen molar-refractivity contribution in [3.05, 3.63) is 143 Å². The maximum absolute atomic E-state index is 12.8. The summed E-state index contributed by atoms with van der Waals surface area (Å²) in [5.41, 5.74) is 19.2. The van der Waals surface area contributed by atoms with Gasteiger partial charge in [0.15, 0.2) is 0 Å². The number of carbonyl (C=O) groups excluding carboxylic acids is 3. The summed E-state index contributed by atoms with van der Waals surface area (Å²) in [5, 5.41) is 15.9. The van der Waals surface area contributed by atoms with Gasteiger partial charge < -0.3 is 60.6 Å². The number of nitrogens with two attached hydrogens (primary N) is 1. The summed E-state index contributed by atoms with van der Waals surface area (Å²) in [5.74, 6) is 1.72. The lowest BCUT2D eigenvalue weighted by Crippen LogP contribution is -2.60. The van der Waals surface area contributed by atoms with Gasteiger partial charge in [-0.05, 0) is 104 Å². The number of aliphatic hydroxyl groups is 1. The Morgan fingerprint density at radius 1 is 0.605 bits per heavy atom. The fourth-order valence-electron chi connectivity index (χ4n) is 10.4. The summed E-state index contributed by atoms with van der Waals surface area (Å²) in [6.07, 6.45) is 12.6. The van der Waals surface area contributed by atoms with Gasteiger partial charge in [-0.3, -0.25) is 19.6 Å². The largest absolute Gasteiger partial charge is 0.444 e. The van der Waals surface area contributed by atoms with E-state index in [0.29, 0.717) is 32.0 Å². The number of fused-ring (bicyclic) bond motifs is 2. The van der Waals surface area contributed by atoms with Crippen molar-refractivity contribution in [3.63, 3.8) is 0 Å². The molecule has 21 nitrogen and oxygen atoms in total. The molecule has 0 saturated carbocycles. The van der Waals surface area contributed by atoms with Crippen LogP contribution in [0.4, 0.5) is 39.2 Å². The van der Waals surface area contributed by atoms with Crippen LogP contribution in [0.15, 0.2) is 97.8 Å². The van der Waals surface area contributed by atoms with Crippen molar-refractivity contribution < 1.29 is 33.7 Å². The number of anilines is 6. The zero-order valence-electron chi connectivity index (χ0n) is 46.3. The second kappa shape index (κ2) is 25.4. The number of ether oxygens (including phenoxy) is 3. The van der Waals surface area contributed by atoms with Gasteiger partial charge in [0.05, 0.1) is 68.1 Å². The first-order valence-electron chi connectivity index (χ1n) is 27.5. The molecule has 0 atom stereocenters. The fourth-order valence-corrected chi connectivity index (χ4v) is 10.4. The third-order valence-electron chi connectivity index (χ3n) is 14.5. The third kappa shape index (κ3) is 14.2. The number of morpholine rings is 2. The Balaban J connectivity index is 0.000000179. The van der Waals surface area contributed by atoms with Crippen LogP contribution in [0.5, 0.6) is 0 Å². The fraction of sp³-hybridized carbons (Fsp3) is 0.383. The van der Waals surface area contributed by atoms with E-state index in [0.717, 1.165) is 146 Å². The average Bonchev–Trinajstić information content (AvgIpc) is 4.36. The second-order valence-electron chi connectivity index (χ2n) is 21.5. The Hall–Kier alpha value is -8.37. The number of aliphatic hydroxyl groups excluding tert-OH is 1. The first kappa shape index (κ1) is 55.9. The molecule has 0 unspecified atom stereocenters. The highest BCUT2D eigenvalue weighted by Gasteiger charge is 2.31. The van der Waals surface area contributed by atoms with Gasteiger partial charge in [0.2, 0.25) is 11.8 Å². The van der Waals surface area contributed by atoms with Gasteiger partial charge in [0, 0.05) is 125 Å². The van der Waals surface area contributed by atoms with E-state index >= 15 is 0 Å². The first-order chi connectivity index (χ1) is 39.3. The quantitative estimate of drug-likeness (QED) is 0.0965. The van der Waals surface area contributed by atoms with Crippen LogP contribution in [0.3, 0.4) is 0 Å². The molecule has 8 heterocycles. The highest BCUT2D eigenvalue weighted by molar-refractivity contribution is 5.95. The minimum atomic E-state index is -0.528. The smallest absolute Gasteiger partial charge is 0.407 e. The minimum Gasteiger partial charge on any atom is -0.444 e. The number of alkyl carbamates (subject to hydrolysis) is 1. The van der Waals surface area contributed by atoms with Crippen LogP contribution in [-0.2, 0) is 49.5 Å². The van der Waals surface area contributed by atoms with Crippen molar-refractivity contribution in [2.24, 2.45) is 5.73 Å². The van der Waals surface area contributed by atoms with Crippen LogP contribution in [0, 0.1) is 0 Å². The molecule has 12 rings (SSSR count). The zero-order chi connectivity index (χ0) is 56.5. The van der Waals surface area contributed by atoms with Crippen molar-refractivity contribution in [2.45, 2.75) is 64.1 Å². The second-order valence-corrected chi connectivity index (χ2v) is 21.5. The molecule has 4 aromatic heterocycles. The molecule has 2 aliphatic carbocycles. The summed E-state index contributed by atoms with van der Waals surface area (Å²) in [6, 6.07) is 23.9. The van der Waals surface area contributed by atoms with E-state index < -0.39 is 11.7 Å². The van der Waals surface area contributed by atoms with Gasteiger partial charge in [0.1, 0.15) is 29.9 Å². The highest BCUT2D eigenvalue weighted by atomic mass is 16.6. The number of aromatic nitrogens is 6. The molecule has 3 amide bonds. The van der Waals surface area contributed by atoms with Gasteiger partial charge in [-0.1, -0.05) is 24.3 Å². The number of hydrogen-bond donors (Lipinski definition) is 5. The predicted molar refractivity (Wildman–Crippen MR) is 313 cm³/mol. The molecule has 4 saturated heterocycles. The van der Waals surface area contributed by atoms with E-state index in [1.165, 1.54) is 11.1 Å². The molecule has 4 aliphatic heterocycles. The van der Waals surface area contributed by atoms with E-state index in [4.69, 9.17) is 25.1 Å². The molecule has 0 spiro atoms. The number of rotatable bonds is 13. The van der Waals surface area contributed by atoms with Crippen LogP contribution < -0.4 is 41.3 Å². The average molecular weight is 1100 g/mol. The van der Waals surface area contributed by atoms with Crippen molar-refractivity contribution in [1.29, 1.82) is 0 Å². The first-order valence-corrected chi connectivity index (χ1v) is 27.5. The minimum absolute atomic E-state index is 0.0200. The molecule has 21 heteroatoms.